The third-order valence-corrected chi connectivity index (χ3v) is 5.43. The van der Waals surface area contributed by atoms with Crippen LogP contribution in [0.1, 0.15) is 0 Å². The van der Waals surface area contributed by atoms with Gasteiger partial charge in [-0.3, -0.25) is 10.1 Å². The lowest BCUT2D eigenvalue weighted by Crippen LogP contribution is -2.10. The highest BCUT2D eigenvalue weighted by atomic mass is 79.9. The largest absolute Gasteiger partial charge is 0.378 e. The molecule has 0 amide bonds. The van der Waals surface area contributed by atoms with E-state index < -0.39 is 15.0 Å². The Hall–Kier alpha value is -2.45. The zero-order valence-electron chi connectivity index (χ0n) is 12.0. The van der Waals surface area contributed by atoms with Crippen molar-refractivity contribution in [1.82, 2.24) is 0 Å². The number of fused-ring (bicyclic) bond motifs is 1. The summed E-state index contributed by atoms with van der Waals surface area (Å²) in [4.78, 5) is 9.88. The minimum absolute atomic E-state index is 0.145. The maximum absolute atomic E-state index is 12.4. The smallest absolute Gasteiger partial charge is 0.339 e. The van der Waals surface area contributed by atoms with Crippen LogP contribution in [0.25, 0.3) is 10.8 Å². The zero-order chi connectivity index (χ0) is 17.3. The fraction of sp³-hybridized carbons (Fsp3) is 0. The van der Waals surface area contributed by atoms with Crippen molar-refractivity contribution in [3.05, 3.63) is 75.3 Å². The van der Waals surface area contributed by atoms with E-state index in [1.165, 1.54) is 0 Å². The van der Waals surface area contributed by atoms with E-state index in [4.69, 9.17) is 4.18 Å². The summed E-state index contributed by atoms with van der Waals surface area (Å²) in [5.41, 5.74) is -0.194. The highest BCUT2D eigenvalue weighted by molar-refractivity contribution is 9.10. The van der Waals surface area contributed by atoms with E-state index in [1.54, 1.807) is 12.1 Å². The Labute approximate surface area is 146 Å². The second kappa shape index (κ2) is 6.21. The number of nitro benzene ring substituents is 1. The van der Waals surface area contributed by atoms with E-state index >= 15 is 0 Å². The molecule has 6 nitrogen and oxygen atoms in total. The number of hydrogen-bond acceptors (Lipinski definition) is 5. The first-order valence-electron chi connectivity index (χ1n) is 6.75. The molecule has 0 aromatic heterocycles. The van der Waals surface area contributed by atoms with Gasteiger partial charge in [0.1, 0.15) is 4.90 Å². The van der Waals surface area contributed by atoms with Gasteiger partial charge in [0.15, 0.2) is 5.75 Å². The third kappa shape index (κ3) is 3.10. The number of hydrogen-bond donors (Lipinski definition) is 0. The van der Waals surface area contributed by atoms with Gasteiger partial charge in [-0.25, -0.2) is 0 Å². The number of nitrogens with zero attached hydrogens (tertiary/aromatic N) is 1. The molecule has 3 rings (SSSR count). The highest BCUT2D eigenvalue weighted by Crippen LogP contribution is 2.34. The molecule has 24 heavy (non-hydrogen) atoms. The fourth-order valence-electron chi connectivity index (χ4n) is 2.18. The molecule has 122 valence electrons. The summed E-state index contributed by atoms with van der Waals surface area (Å²) in [6, 6.07) is 15.3. The highest BCUT2D eigenvalue weighted by Gasteiger charge is 2.20. The molecule has 3 aromatic rings. The van der Waals surface area contributed by atoms with Crippen LogP contribution in [0.15, 0.2) is 70.0 Å². The Bertz CT molecular complexity index is 1030. The minimum atomic E-state index is -4.10. The zero-order valence-corrected chi connectivity index (χ0v) is 14.5. The van der Waals surface area contributed by atoms with Crippen molar-refractivity contribution in [2.45, 2.75) is 4.90 Å². The van der Waals surface area contributed by atoms with Crippen LogP contribution in [0, 0.1) is 10.1 Å². The van der Waals surface area contributed by atoms with Gasteiger partial charge in [0.2, 0.25) is 0 Å². The Balaban J connectivity index is 1.97. The van der Waals surface area contributed by atoms with Crippen molar-refractivity contribution < 1.29 is 17.5 Å². The number of rotatable bonds is 4. The van der Waals surface area contributed by atoms with Crippen molar-refractivity contribution in [3.63, 3.8) is 0 Å². The maximum Gasteiger partial charge on any atom is 0.339 e. The SMILES string of the molecule is O=[N+]([O-])c1ccc(S(=O)(=O)Oc2ccc3ccccc3c2Br)cc1. The lowest BCUT2D eigenvalue weighted by atomic mass is 10.1. The average molecular weight is 408 g/mol. The van der Waals surface area contributed by atoms with Crippen molar-refractivity contribution in [1.29, 1.82) is 0 Å². The quantitative estimate of drug-likeness (QED) is 0.366. The van der Waals surface area contributed by atoms with Crippen LogP contribution in [0.3, 0.4) is 0 Å². The number of halogens is 1. The molecule has 0 N–H and O–H groups in total. The molecule has 0 atom stereocenters. The fourth-order valence-corrected chi connectivity index (χ4v) is 3.80. The molecule has 0 aliphatic rings. The molecule has 0 fully saturated rings. The summed E-state index contributed by atoms with van der Waals surface area (Å²) in [7, 11) is -4.10. The second-order valence-electron chi connectivity index (χ2n) is 4.89. The second-order valence-corrected chi connectivity index (χ2v) is 7.23. The first-order chi connectivity index (χ1) is 11.4. The van der Waals surface area contributed by atoms with E-state index in [0.717, 1.165) is 35.0 Å². The number of nitro groups is 1. The van der Waals surface area contributed by atoms with Gasteiger partial charge in [-0.2, -0.15) is 8.42 Å². The molecule has 8 heteroatoms. The Kier molecular flexibility index (Phi) is 4.25. The predicted molar refractivity (Wildman–Crippen MR) is 92.6 cm³/mol. The van der Waals surface area contributed by atoms with Crippen LogP contribution in [0.4, 0.5) is 5.69 Å². The first-order valence-corrected chi connectivity index (χ1v) is 8.95. The summed E-state index contributed by atoms with van der Waals surface area (Å²) in [6.07, 6.45) is 0. The standard InChI is InChI=1S/C16H10BrNO5S/c17-16-14-4-2-1-3-11(14)5-10-15(16)23-24(21,22)13-8-6-12(7-9-13)18(19)20/h1-10H. The molecule has 0 saturated heterocycles. The van der Waals surface area contributed by atoms with Crippen LogP contribution in [-0.4, -0.2) is 13.3 Å². The minimum Gasteiger partial charge on any atom is -0.378 e. The molecule has 0 heterocycles. The molecule has 0 radical (unpaired) electrons. The van der Waals surface area contributed by atoms with Crippen molar-refractivity contribution in [3.8, 4) is 5.75 Å². The monoisotopic (exact) mass is 407 g/mol. The van der Waals surface area contributed by atoms with Gasteiger partial charge in [0, 0.05) is 12.1 Å². The molecule has 0 saturated carbocycles. The van der Waals surface area contributed by atoms with Gasteiger partial charge in [-0.05, 0) is 44.9 Å². The van der Waals surface area contributed by atoms with E-state index in [0.29, 0.717) is 4.47 Å². The third-order valence-electron chi connectivity index (χ3n) is 3.36. The van der Waals surface area contributed by atoms with Crippen molar-refractivity contribution >= 4 is 42.5 Å². The van der Waals surface area contributed by atoms with Crippen LogP contribution < -0.4 is 4.18 Å². The van der Waals surface area contributed by atoms with Gasteiger partial charge < -0.3 is 4.18 Å². The predicted octanol–water partition coefficient (Wildman–Crippen LogP) is 4.28. The summed E-state index contributed by atoms with van der Waals surface area (Å²) < 4.78 is 30.4. The average Bonchev–Trinajstić information content (AvgIpc) is 2.57. The normalized spacial score (nSPS) is 11.4. The molecular weight excluding hydrogens is 398 g/mol. The molecule has 0 aliphatic carbocycles. The van der Waals surface area contributed by atoms with Crippen LogP contribution in [0.2, 0.25) is 0 Å². The van der Waals surface area contributed by atoms with E-state index in [1.807, 2.05) is 24.3 Å². The van der Waals surface area contributed by atoms with E-state index in [9.17, 15) is 18.5 Å². The summed E-state index contributed by atoms with van der Waals surface area (Å²) >= 11 is 3.36. The van der Waals surface area contributed by atoms with Gasteiger partial charge in [-0.1, -0.05) is 30.3 Å². The topological polar surface area (TPSA) is 86.5 Å². The van der Waals surface area contributed by atoms with Crippen LogP contribution >= 0.6 is 15.9 Å². The molecule has 0 spiro atoms. The Morgan fingerprint density at radius 2 is 1.62 bits per heavy atom. The maximum atomic E-state index is 12.4. The van der Waals surface area contributed by atoms with E-state index in [2.05, 4.69) is 15.9 Å². The molecule has 0 unspecified atom stereocenters. The Morgan fingerprint density at radius 1 is 0.958 bits per heavy atom. The van der Waals surface area contributed by atoms with Gasteiger partial charge in [0.25, 0.3) is 5.69 Å². The first kappa shape index (κ1) is 16.4. The summed E-state index contributed by atoms with van der Waals surface area (Å²) in [6.45, 7) is 0. The summed E-state index contributed by atoms with van der Waals surface area (Å²) in [5.74, 6) is 0.145. The Morgan fingerprint density at radius 3 is 2.29 bits per heavy atom. The molecular formula is C16H10BrNO5S. The number of benzene rings is 3. The number of non-ortho nitro benzene ring substituents is 1. The lowest BCUT2D eigenvalue weighted by Gasteiger charge is -2.10. The van der Waals surface area contributed by atoms with Gasteiger partial charge in [-0.15, -0.1) is 0 Å². The molecule has 0 aliphatic heterocycles. The molecule has 3 aromatic carbocycles. The van der Waals surface area contributed by atoms with Gasteiger partial charge in [0.05, 0.1) is 9.40 Å². The molecule has 0 bridgehead atoms. The van der Waals surface area contributed by atoms with E-state index in [-0.39, 0.29) is 16.3 Å². The van der Waals surface area contributed by atoms with Crippen LogP contribution in [-0.2, 0) is 10.1 Å². The van der Waals surface area contributed by atoms with Crippen molar-refractivity contribution in [2.24, 2.45) is 0 Å². The lowest BCUT2D eigenvalue weighted by molar-refractivity contribution is -0.384. The van der Waals surface area contributed by atoms with Gasteiger partial charge >= 0.3 is 10.1 Å². The van der Waals surface area contributed by atoms with Crippen molar-refractivity contribution in [2.75, 3.05) is 0 Å². The van der Waals surface area contributed by atoms with Crippen LogP contribution in [0.5, 0.6) is 5.75 Å². The summed E-state index contributed by atoms with van der Waals surface area (Å²) in [5, 5.41) is 12.4.